The number of methoxy groups -OCH3 is 1. The maximum atomic E-state index is 10.9. The van der Waals surface area contributed by atoms with Gasteiger partial charge in [0, 0.05) is 5.54 Å². The van der Waals surface area contributed by atoms with Crippen LogP contribution in [0, 0.1) is 0 Å². The lowest BCUT2D eigenvalue weighted by atomic mass is 9.66. The average molecular weight is 155 g/mol. The number of carbonyl (C=O) groups excluding carboxylic acids is 1. The lowest BCUT2D eigenvalue weighted by molar-refractivity contribution is -0.149. The second-order valence-corrected chi connectivity index (χ2v) is 3.56. The predicted molar refractivity (Wildman–Crippen MR) is 40.1 cm³/mol. The number of hydrogen-bond donors (Lipinski definition) is 1. The number of ether oxygens (including phenoxy) is 1. The van der Waals surface area contributed by atoms with E-state index in [0.29, 0.717) is 5.54 Å². The van der Waals surface area contributed by atoms with Gasteiger partial charge in [-0.3, -0.25) is 10.1 Å². The molecule has 1 unspecified atom stereocenters. The first kappa shape index (κ1) is 7.10. The van der Waals surface area contributed by atoms with Crippen molar-refractivity contribution in [1.82, 2.24) is 5.32 Å². The standard InChI is InChI=1S/C8H13NO2/c1-11-7(10)6-5-8(9-6)3-2-4-8/h6,9H,2-5H2,1H3. The Kier molecular flexibility index (Phi) is 1.42. The van der Waals surface area contributed by atoms with Crippen molar-refractivity contribution in [2.75, 3.05) is 7.11 Å². The fraction of sp³-hybridized carbons (Fsp3) is 0.875. The molecule has 0 aromatic heterocycles. The van der Waals surface area contributed by atoms with Gasteiger partial charge in [0.2, 0.25) is 0 Å². The van der Waals surface area contributed by atoms with Gasteiger partial charge in [-0.1, -0.05) is 0 Å². The number of nitrogens with one attached hydrogen (secondary N) is 1. The Bertz CT molecular complexity index is 179. The summed E-state index contributed by atoms with van der Waals surface area (Å²) in [6, 6.07) is -0.0136. The third-order valence-corrected chi connectivity index (χ3v) is 2.87. The molecule has 1 saturated heterocycles. The van der Waals surface area contributed by atoms with Crippen molar-refractivity contribution < 1.29 is 9.53 Å². The van der Waals surface area contributed by atoms with Crippen LogP contribution in [0.25, 0.3) is 0 Å². The van der Waals surface area contributed by atoms with E-state index < -0.39 is 0 Å². The number of esters is 1. The van der Waals surface area contributed by atoms with Crippen LogP contribution in [-0.2, 0) is 9.53 Å². The van der Waals surface area contributed by atoms with Crippen LogP contribution in [0.4, 0.5) is 0 Å². The molecule has 1 heterocycles. The normalized spacial score (nSPS) is 32.3. The van der Waals surface area contributed by atoms with Gasteiger partial charge in [0.25, 0.3) is 0 Å². The van der Waals surface area contributed by atoms with Gasteiger partial charge in [-0.15, -0.1) is 0 Å². The quantitative estimate of drug-likeness (QED) is 0.558. The van der Waals surface area contributed by atoms with E-state index in [1.54, 1.807) is 0 Å². The zero-order valence-corrected chi connectivity index (χ0v) is 6.72. The molecule has 11 heavy (non-hydrogen) atoms. The van der Waals surface area contributed by atoms with Gasteiger partial charge in [-0.25, -0.2) is 0 Å². The van der Waals surface area contributed by atoms with Crippen molar-refractivity contribution >= 4 is 5.97 Å². The summed E-state index contributed by atoms with van der Waals surface area (Å²) >= 11 is 0. The van der Waals surface area contributed by atoms with Crippen molar-refractivity contribution in [3.8, 4) is 0 Å². The lowest BCUT2D eigenvalue weighted by Crippen LogP contribution is -2.69. The van der Waals surface area contributed by atoms with Crippen molar-refractivity contribution in [1.29, 1.82) is 0 Å². The van der Waals surface area contributed by atoms with Gasteiger partial charge < -0.3 is 4.74 Å². The summed E-state index contributed by atoms with van der Waals surface area (Å²) in [7, 11) is 1.44. The van der Waals surface area contributed by atoms with Gasteiger partial charge in [0.15, 0.2) is 0 Å². The van der Waals surface area contributed by atoms with Crippen molar-refractivity contribution in [2.45, 2.75) is 37.3 Å². The first-order valence-corrected chi connectivity index (χ1v) is 4.11. The van der Waals surface area contributed by atoms with Crippen LogP contribution in [-0.4, -0.2) is 24.7 Å². The maximum Gasteiger partial charge on any atom is 0.322 e. The third-order valence-electron chi connectivity index (χ3n) is 2.87. The summed E-state index contributed by atoms with van der Waals surface area (Å²) in [5, 5.41) is 3.27. The Morgan fingerprint density at radius 1 is 1.64 bits per heavy atom. The van der Waals surface area contributed by atoms with E-state index >= 15 is 0 Å². The van der Waals surface area contributed by atoms with E-state index in [2.05, 4.69) is 10.1 Å². The maximum absolute atomic E-state index is 10.9. The summed E-state index contributed by atoms with van der Waals surface area (Å²) < 4.78 is 4.61. The first-order valence-electron chi connectivity index (χ1n) is 4.11. The zero-order valence-electron chi connectivity index (χ0n) is 6.72. The number of rotatable bonds is 1. The Morgan fingerprint density at radius 3 is 2.64 bits per heavy atom. The lowest BCUT2D eigenvalue weighted by Gasteiger charge is -2.54. The van der Waals surface area contributed by atoms with Gasteiger partial charge >= 0.3 is 5.97 Å². The molecular formula is C8H13NO2. The highest BCUT2D eigenvalue weighted by molar-refractivity contribution is 5.77. The molecule has 1 spiro atoms. The minimum Gasteiger partial charge on any atom is -0.468 e. The summed E-state index contributed by atoms with van der Waals surface area (Å²) in [4.78, 5) is 10.9. The Labute approximate surface area is 66.1 Å². The summed E-state index contributed by atoms with van der Waals surface area (Å²) in [6.45, 7) is 0. The van der Waals surface area contributed by atoms with Crippen LogP contribution in [0.2, 0.25) is 0 Å². The van der Waals surface area contributed by atoms with Gasteiger partial charge in [-0.05, 0) is 25.7 Å². The second-order valence-electron chi connectivity index (χ2n) is 3.56. The van der Waals surface area contributed by atoms with E-state index in [-0.39, 0.29) is 12.0 Å². The minimum absolute atomic E-state index is 0.0136. The van der Waals surface area contributed by atoms with E-state index in [4.69, 9.17) is 0 Å². The van der Waals surface area contributed by atoms with E-state index in [1.807, 2.05) is 0 Å². The fourth-order valence-corrected chi connectivity index (χ4v) is 1.98. The monoisotopic (exact) mass is 155 g/mol. The summed E-state index contributed by atoms with van der Waals surface area (Å²) in [5.74, 6) is -0.109. The largest absolute Gasteiger partial charge is 0.468 e. The SMILES string of the molecule is COC(=O)C1CC2(CCC2)N1. The van der Waals surface area contributed by atoms with E-state index in [0.717, 1.165) is 6.42 Å². The van der Waals surface area contributed by atoms with E-state index in [1.165, 1.54) is 26.4 Å². The molecule has 0 aromatic rings. The molecule has 0 aromatic carbocycles. The molecule has 1 atom stereocenters. The second kappa shape index (κ2) is 2.21. The number of carbonyl (C=O) groups is 1. The zero-order chi connectivity index (χ0) is 7.90. The van der Waals surface area contributed by atoms with Gasteiger partial charge in [-0.2, -0.15) is 0 Å². The van der Waals surface area contributed by atoms with Crippen LogP contribution in [0.3, 0.4) is 0 Å². The Hall–Kier alpha value is -0.570. The molecule has 1 aliphatic carbocycles. The average Bonchev–Trinajstić information content (AvgIpc) is 1.81. The van der Waals surface area contributed by atoms with E-state index in [9.17, 15) is 4.79 Å². The molecule has 3 nitrogen and oxygen atoms in total. The van der Waals surface area contributed by atoms with Crippen LogP contribution >= 0.6 is 0 Å². The molecule has 1 N–H and O–H groups in total. The van der Waals surface area contributed by atoms with Crippen LogP contribution < -0.4 is 5.32 Å². The Balaban J connectivity index is 1.83. The molecule has 2 aliphatic rings. The van der Waals surface area contributed by atoms with Crippen LogP contribution in [0.1, 0.15) is 25.7 Å². The van der Waals surface area contributed by atoms with Crippen molar-refractivity contribution in [3.63, 3.8) is 0 Å². The molecular weight excluding hydrogens is 142 g/mol. The molecule has 1 saturated carbocycles. The van der Waals surface area contributed by atoms with Crippen LogP contribution in [0.5, 0.6) is 0 Å². The van der Waals surface area contributed by atoms with Crippen molar-refractivity contribution in [2.24, 2.45) is 0 Å². The predicted octanol–water partition coefficient (Wildman–Crippen LogP) is 0.444. The Morgan fingerprint density at radius 2 is 2.27 bits per heavy atom. The molecule has 0 bridgehead atoms. The molecule has 3 heteroatoms. The topological polar surface area (TPSA) is 38.3 Å². The fourth-order valence-electron chi connectivity index (χ4n) is 1.98. The minimum atomic E-state index is -0.109. The molecule has 1 aliphatic heterocycles. The molecule has 0 radical (unpaired) electrons. The molecule has 62 valence electrons. The third kappa shape index (κ3) is 0.948. The molecule has 2 rings (SSSR count). The van der Waals surface area contributed by atoms with Crippen molar-refractivity contribution in [3.05, 3.63) is 0 Å². The number of hydrogen-bond acceptors (Lipinski definition) is 3. The van der Waals surface area contributed by atoms with Crippen LogP contribution in [0.15, 0.2) is 0 Å². The highest BCUT2D eigenvalue weighted by Crippen LogP contribution is 2.42. The molecule has 0 amide bonds. The summed E-state index contributed by atoms with van der Waals surface area (Å²) in [6.07, 6.45) is 4.77. The molecule has 2 fully saturated rings. The van der Waals surface area contributed by atoms with Gasteiger partial charge in [0.05, 0.1) is 7.11 Å². The smallest absolute Gasteiger partial charge is 0.322 e. The highest BCUT2D eigenvalue weighted by atomic mass is 16.5. The first-order chi connectivity index (χ1) is 5.26. The highest BCUT2D eigenvalue weighted by Gasteiger charge is 2.50. The van der Waals surface area contributed by atoms with Gasteiger partial charge in [0.1, 0.15) is 6.04 Å². The summed E-state index contributed by atoms with van der Waals surface area (Å²) in [5.41, 5.74) is 0.346.